The number of imide groups is 1. The molecule has 0 aromatic heterocycles. The van der Waals surface area contributed by atoms with Crippen LogP contribution in [0.3, 0.4) is 0 Å². The first-order chi connectivity index (χ1) is 14.1. The summed E-state index contributed by atoms with van der Waals surface area (Å²) in [5.41, 5.74) is 2.50. The van der Waals surface area contributed by atoms with Crippen molar-refractivity contribution in [1.82, 2.24) is 3.12 Å². The Labute approximate surface area is 181 Å². The van der Waals surface area contributed by atoms with Crippen LogP contribution in [-0.2, 0) is 0 Å². The average molecular weight is 502 g/mol. The Morgan fingerprint density at radius 3 is 2.07 bits per heavy atom. The number of fused-ring (bicyclic) bond motifs is 1. The second-order valence-electron chi connectivity index (χ2n) is 8.86. The first kappa shape index (κ1) is 22.6. The van der Waals surface area contributed by atoms with Gasteiger partial charge in [-0.3, -0.25) is 0 Å². The van der Waals surface area contributed by atoms with Crippen LogP contribution in [0.1, 0.15) is 104 Å². The SMILES string of the molecule is CCC[CH2][Sn]([CH2]CCC)([CH2]CCC)[N]1C(=O)c2cccc(C3C=CCC3)c2C1=O. The number of rotatable bonds is 11. The fourth-order valence-electron chi connectivity index (χ4n) is 5.17. The van der Waals surface area contributed by atoms with Crippen molar-refractivity contribution in [1.29, 1.82) is 0 Å². The van der Waals surface area contributed by atoms with Crippen LogP contribution in [0.4, 0.5) is 0 Å². The van der Waals surface area contributed by atoms with Gasteiger partial charge in [0, 0.05) is 0 Å². The van der Waals surface area contributed by atoms with E-state index in [2.05, 4.69) is 39.0 Å². The van der Waals surface area contributed by atoms with Gasteiger partial charge in [0.2, 0.25) is 0 Å². The number of carbonyl (C=O) groups excluding carboxylic acids is 2. The molecule has 0 spiro atoms. The summed E-state index contributed by atoms with van der Waals surface area (Å²) in [5, 5.41) is 0. The Bertz CT molecular complexity index is 748. The third kappa shape index (κ3) is 4.50. The van der Waals surface area contributed by atoms with Crippen LogP contribution >= 0.6 is 0 Å². The molecule has 1 heterocycles. The number of amides is 2. The summed E-state index contributed by atoms with van der Waals surface area (Å²) < 4.78 is 5.32. The Morgan fingerprint density at radius 1 is 0.931 bits per heavy atom. The van der Waals surface area contributed by atoms with Crippen LogP contribution in [-0.4, -0.2) is 33.6 Å². The first-order valence-electron chi connectivity index (χ1n) is 11.8. The van der Waals surface area contributed by atoms with Gasteiger partial charge in [-0.2, -0.15) is 0 Å². The molecule has 1 atom stereocenters. The number of hydrogen-bond donors (Lipinski definition) is 0. The molecule has 2 aliphatic rings. The normalized spacial score (nSPS) is 18.7. The molecule has 4 heteroatoms. The number of hydrogen-bond acceptors (Lipinski definition) is 2. The fourth-order valence-corrected chi connectivity index (χ4v) is 21.0. The van der Waals surface area contributed by atoms with Crippen LogP contribution in [0.5, 0.6) is 0 Å². The van der Waals surface area contributed by atoms with E-state index >= 15 is 0 Å². The Morgan fingerprint density at radius 2 is 1.55 bits per heavy atom. The van der Waals surface area contributed by atoms with Gasteiger partial charge in [0.25, 0.3) is 0 Å². The van der Waals surface area contributed by atoms with Gasteiger partial charge in [0.05, 0.1) is 0 Å². The molecule has 0 saturated carbocycles. The van der Waals surface area contributed by atoms with Crippen molar-refractivity contribution in [2.24, 2.45) is 0 Å². The van der Waals surface area contributed by atoms with E-state index in [-0.39, 0.29) is 17.7 Å². The molecule has 0 radical (unpaired) electrons. The molecule has 1 aromatic carbocycles. The zero-order valence-electron chi connectivity index (χ0n) is 18.5. The Balaban J connectivity index is 2.03. The maximum absolute atomic E-state index is 13.9. The molecule has 1 aliphatic carbocycles. The fraction of sp³-hybridized carbons (Fsp3) is 0.600. The molecule has 1 aromatic rings. The summed E-state index contributed by atoms with van der Waals surface area (Å²) in [6.07, 6.45) is 13.4. The van der Waals surface area contributed by atoms with Gasteiger partial charge < -0.3 is 0 Å². The minimum atomic E-state index is -3.15. The third-order valence-corrected chi connectivity index (χ3v) is 21.7. The molecule has 158 valence electrons. The van der Waals surface area contributed by atoms with Crippen LogP contribution in [0.15, 0.2) is 30.4 Å². The molecular formula is C25H37NO2Sn. The number of benzene rings is 1. The van der Waals surface area contributed by atoms with Gasteiger partial charge in [0.15, 0.2) is 0 Å². The van der Waals surface area contributed by atoms with E-state index in [0.717, 1.165) is 75.8 Å². The van der Waals surface area contributed by atoms with E-state index < -0.39 is 18.7 Å². The standard InChI is InChI=1S/C13H11NO2.3C4H9.Sn/c15-12-10-7-3-6-9(8-4-1-2-5-8)11(10)13(16)14-12;3*1-3-4-2;/h1,3-4,6-8H,2,5H2,(H,14,15,16);3*1,3-4H2,2H3;/q;;;;+1/p-1. The summed E-state index contributed by atoms with van der Waals surface area (Å²) in [7, 11) is 0. The summed E-state index contributed by atoms with van der Waals surface area (Å²) in [6, 6.07) is 5.96. The number of carbonyl (C=O) groups is 2. The first-order valence-corrected chi connectivity index (χ1v) is 19.1. The van der Waals surface area contributed by atoms with Gasteiger partial charge in [-0.05, 0) is 0 Å². The van der Waals surface area contributed by atoms with Crippen molar-refractivity contribution in [3.63, 3.8) is 0 Å². The molecule has 1 aliphatic heterocycles. The van der Waals surface area contributed by atoms with E-state index in [1.54, 1.807) is 0 Å². The molecule has 1 unspecified atom stereocenters. The molecule has 29 heavy (non-hydrogen) atoms. The van der Waals surface area contributed by atoms with Crippen molar-refractivity contribution >= 4 is 30.5 Å². The average Bonchev–Trinajstić information content (AvgIpc) is 3.36. The van der Waals surface area contributed by atoms with Gasteiger partial charge in [0.1, 0.15) is 0 Å². The van der Waals surface area contributed by atoms with Gasteiger partial charge in [-0.25, -0.2) is 0 Å². The second-order valence-corrected chi connectivity index (χ2v) is 21.4. The molecule has 0 fully saturated rings. The van der Waals surface area contributed by atoms with Crippen molar-refractivity contribution < 1.29 is 9.59 Å². The number of nitrogens with zero attached hydrogens (tertiary/aromatic N) is 1. The van der Waals surface area contributed by atoms with Crippen LogP contribution in [0, 0.1) is 0 Å². The summed E-state index contributed by atoms with van der Waals surface area (Å²) in [4.78, 5) is 27.5. The second kappa shape index (κ2) is 10.3. The zero-order chi connectivity index (χ0) is 20.9. The van der Waals surface area contributed by atoms with Crippen molar-refractivity contribution in [2.75, 3.05) is 0 Å². The summed E-state index contributed by atoms with van der Waals surface area (Å²) >= 11 is -3.15. The zero-order valence-corrected chi connectivity index (χ0v) is 21.4. The minimum absolute atomic E-state index is 0.0351. The van der Waals surface area contributed by atoms with Crippen molar-refractivity contribution in [2.45, 2.75) is 91.4 Å². The molecule has 3 rings (SSSR count). The van der Waals surface area contributed by atoms with Crippen molar-refractivity contribution in [3.8, 4) is 0 Å². The molecule has 0 saturated heterocycles. The van der Waals surface area contributed by atoms with Gasteiger partial charge in [-0.1, -0.05) is 0 Å². The van der Waals surface area contributed by atoms with Crippen LogP contribution < -0.4 is 0 Å². The number of allylic oxidation sites excluding steroid dienone is 2. The summed E-state index contributed by atoms with van der Waals surface area (Å²) in [5.74, 6) is 0.376. The van der Waals surface area contributed by atoms with Gasteiger partial charge >= 0.3 is 182 Å². The third-order valence-electron chi connectivity index (χ3n) is 6.82. The molecule has 2 amide bonds. The molecule has 0 bridgehead atoms. The predicted octanol–water partition coefficient (Wildman–Crippen LogP) is 7.06. The van der Waals surface area contributed by atoms with Crippen molar-refractivity contribution in [3.05, 3.63) is 47.0 Å². The topological polar surface area (TPSA) is 37.4 Å². The van der Waals surface area contributed by atoms with E-state index in [1.807, 2.05) is 15.3 Å². The Hall–Kier alpha value is -1.10. The van der Waals surface area contributed by atoms with E-state index in [1.165, 1.54) is 0 Å². The predicted molar refractivity (Wildman–Crippen MR) is 123 cm³/mol. The molecule has 3 nitrogen and oxygen atoms in total. The monoisotopic (exact) mass is 503 g/mol. The van der Waals surface area contributed by atoms with Crippen LogP contribution in [0.2, 0.25) is 13.3 Å². The van der Waals surface area contributed by atoms with Crippen LogP contribution in [0.25, 0.3) is 0 Å². The molecule has 0 N–H and O–H groups in total. The van der Waals surface area contributed by atoms with E-state index in [0.29, 0.717) is 5.56 Å². The Kier molecular flexibility index (Phi) is 8.00. The van der Waals surface area contributed by atoms with E-state index in [9.17, 15) is 9.59 Å². The maximum atomic E-state index is 13.9. The quantitative estimate of drug-likeness (QED) is 0.185. The summed E-state index contributed by atoms with van der Waals surface area (Å²) in [6.45, 7) is 6.68. The number of unbranched alkanes of at least 4 members (excludes halogenated alkanes) is 3. The molecular weight excluding hydrogens is 465 g/mol. The van der Waals surface area contributed by atoms with E-state index in [4.69, 9.17) is 0 Å². The van der Waals surface area contributed by atoms with Gasteiger partial charge in [-0.15, -0.1) is 0 Å².